The van der Waals surface area contributed by atoms with Crippen LogP contribution in [-0.4, -0.2) is 16.1 Å². The minimum absolute atomic E-state index is 0.116. The van der Waals surface area contributed by atoms with Crippen LogP contribution >= 0.6 is 11.3 Å². The fourth-order valence-corrected chi connectivity index (χ4v) is 2.55. The van der Waals surface area contributed by atoms with E-state index < -0.39 is 28.5 Å². The fraction of sp³-hybridized carbons (Fsp3) is 0.167. The van der Waals surface area contributed by atoms with Crippen LogP contribution in [0.2, 0.25) is 0 Å². The molecule has 0 saturated heterocycles. The summed E-state index contributed by atoms with van der Waals surface area (Å²) >= 11 is 0.368. The van der Waals surface area contributed by atoms with Gasteiger partial charge in [0.2, 0.25) is 0 Å². The topological polar surface area (TPSA) is 50.2 Å². The van der Waals surface area contributed by atoms with E-state index in [0.717, 1.165) is 6.07 Å². The summed E-state index contributed by atoms with van der Waals surface area (Å²) in [4.78, 5) is 13.2. The predicted octanol–water partition coefficient (Wildman–Crippen LogP) is 3.97. The van der Waals surface area contributed by atoms with Crippen LogP contribution in [0.5, 0.6) is 0 Å². The van der Waals surface area contributed by atoms with Gasteiger partial charge in [0.25, 0.3) is 0 Å². The minimum atomic E-state index is -4.87. The van der Waals surface area contributed by atoms with Crippen LogP contribution in [0, 0.1) is 12.7 Å². The maximum atomic E-state index is 13.3. The molecule has 106 valence electrons. The molecule has 8 heteroatoms. The number of hydrogen-bond donors (Lipinski definition) is 1. The number of aromatic nitrogens is 1. The quantitative estimate of drug-likeness (QED) is 0.854. The summed E-state index contributed by atoms with van der Waals surface area (Å²) in [7, 11) is 0. The van der Waals surface area contributed by atoms with E-state index in [0.29, 0.717) is 16.9 Å². The predicted molar refractivity (Wildman–Crippen MR) is 64.2 cm³/mol. The molecule has 3 nitrogen and oxygen atoms in total. The molecule has 0 aliphatic heterocycles. The number of halogens is 4. The zero-order valence-electron chi connectivity index (χ0n) is 9.95. The van der Waals surface area contributed by atoms with Gasteiger partial charge in [-0.05, 0) is 30.7 Å². The van der Waals surface area contributed by atoms with E-state index in [1.165, 1.54) is 12.1 Å². The lowest BCUT2D eigenvalue weighted by atomic mass is 10.1. The zero-order valence-corrected chi connectivity index (χ0v) is 10.8. The Morgan fingerprint density at radius 1 is 1.30 bits per heavy atom. The van der Waals surface area contributed by atoms with Gasteiger partial charge in [-0.15, -0.1) is 11.3 Å². The van der Waals surface area contributed by atoms with E-state index >= 15 is 0 Å². The van der Waals surface area contributed by atoms with Gasteiger partial charge >= 0.3 is 12.1 Å². The van der Waals surface area contributed by atoms with Crippen LogP contribution in [0.15, 0.2) is 18.2 Å². The Balaban J connectivity index is 2.62. The lowest BCUT2D eigenvalue weighted by molar-refractivity contribution is -0.141. The van der Waals surface area contributed by atoms with E-state index in [2.05, 4.69) is 4.98 Å². The number of carboxylic acid groups (broad SMARTS) is 1. The van der Waals surface area contributed by atoms with E-state index in [-0.39, 0.29) is 10.6 Å². The maximum absolute atomic E-state index is 13.3. The Hall–Kier alpha value is -1.96. The molecule has 2 aromatic rings. The second-order valence-corrected chi connectivity index (χ2v) is 5.02. The lowest BCUT2D eigenvalue weighted by Crippen LogP contribution is -2.11. The van der Waals surface area contributed by atoms with Crippen LogP contribution in [-0.2, 0) is 6.18 Å². The van der Waals surface area contributed by atoms with E-state index in [4.69, 9.17) is 5.11 Å². The van der Waals surface area contributed by atoms with Crippen LogP contribution in [0.3, 0.4) is 0 Å². The average Bonchev–Trinajstić information content (AvgIpc) is 2.71. The third-order valence-corrected chi connectivity index (χ3v) is 3.47. The van der Waals surface area contributed by atoms with Crippen molar-refractivity contribution in [1.82, 2.24) is 4.98 Å². The fourth-order valence-electron chi connectivity index (χ4n) is 1.64. The van der Waals surface area contributed by atoms with Crippen LogP contribution in [0.25, 0.3) is 10.6 Å². The second kappa shape index (κ2) is 4.86. The van der Waals surface area contributed by atoms with Crippen molar-refractivity contribution in [3.63, 3.8) is 0 Å². The number of hydrogen-bond acceptors (Lipinski definition) is 3. The SMILES string of the molecule is Cc1cc(F)cc(-c2nc(C(F)(F)F)c(C(=O)O)s2)c1. The molecular weight excluding hydrogens is 298 g/mol. The van der Waals surface area contributed by atoms with Gasteiger partial charge in [0.05, 0.1) is 0 Å². The van der Waals surface area contributed by atoms with E-state index in [1.54, 1.807) is 6.92 Å². The number of rotatable bonds is 2. The molecule has 1 heterocycles. The van der Waals surface area contributed by atoms with Gasteiger partial charge < -0.3 is 5.11 Å². The van der Waals surface area contributed by atoms with Crippen molar-refractivity contribution in [1.29, 1.82) is 0 Å². The first-order valence-electron chi connectivity index (χ1n) is 5.27. The van der Waals surface area contributed by atoms with Crippen molar-refractivity contribution in [2.45, 2.75) is 13.1 Å². The first-order valence-corrected chi connectivity index (χ1v) is 6.09. The maximum Gasteiger partial charge on any atom is 0.435 e. The summed E-state index contributed by atoms with van der Waals surface area (Å²) in [5, 5.41) is 8.61. The van der Waals surface area contributed by atoms with Crippen LogP contribution in [0.1, 0.15) is 20.9 Å². The van der Waals surface area contributed by atoms with Gasteiger partial charge in [-0.2, -0.15) is 13.2 Å². The molecular formula is C12H7F4NO2S. The Labute approximate surface area is 114 Å². The van der Waals surface area contributed by atoms with Crippen LogP contribution < -0.4 is 0 Å². The zero-order chi connectivity index (χ0) is 15.1. The summed E-state index contributed by atoms with van der Waals surface area (Å²) < 4.78 is 51.4. The summed E-state index contributed by atoms with van der Waals surface area (Å²) in [6.07, 6.45) is -4.87. The number of carboxylic acids is 1. The molecule has 0 atom stereocenters. The van der Waals surface area contributed by atoms with Crippen molar-refractivity contribution >= 4 is 17.3 Å². The molecule has 0 radical (unpaired) electrons. The van der Waals surface area contributed by atoms with Gasteiger partial charge in [0.1, 0.15) is 15.7 Å². The third kappa shape index (κ3) is 2.79. The number of nitrogens with zero attached hydrogens (tertiary/aromatic N) is 1. The Kier molecular flexibility index (Phi) is 3.51. The highest BCUT2D eigenvalue weighted by Gasteiger charge is 2.39. The number of aryl methyl sites for hydroxylation is 1. The Bertz CT molecular complexity index is 658. The molecule has 0 saturated carbocycles. The number of alkyl halides is 3. The van der Waals surface area contributed by atoms with E-state index in [9.17, 15) is 22.4 Å². The largest absolute Gasteiger partial charge is 0.477 e. The molecule has 1 N–H and O–H groups in total. The molecule has 0 bridgehead atoms. The molecule has 0 fully saturated rings. The smallest absolute Gasteiger partial charge is 0.435 e. The number of carbonyl (C=O) groups is 1. The molecule has 2 rings (SSSR count). The van der Waals surface area contributed by atoms with Gasteiger partial charge in [0.15, 0.2) is 5.69 Å². The van der Waals surface area contributed by atoms with Gasteiger partial charge in [-0.25, -0.2) is 14.2 Å². The molecule has 0 spiro atoms. The molecule has 1 aromatic carbocycles. The number of benzene rings is 1. The molecule has 0 unspecified atom stereocenters. The van der Waals surface area contributed by atoms with Gasteiger partial charge in [0, 0.05) is 5.56 Å². The summed E-state index contributed by atoms with van der Waals surface area (Å²) in [5.41, 5.74) is -0.849. The van der Waals surface area contributed by atoms with Crippen molar-refractivity contribution < 1.29 is 27.5 Å². The number of aromatic carboxylic acids is 1. The Morgan fingerprint density at radius 3 is 2.40 bits per heavy atom. The van der Waals surface area contributed by atoms with Gasteiger partial charge in [-0.1, -0.05) is 0 Å². The van der Waals surface area contributed by atoms with Crippen molar-refractivity contribution in [3.05, 3.63) is 40.2 Å². The standard InChI is InChI=1S/C12H7F4NO2S/c1-5-2-6(4-7(13)3-5)10-17-9(12(14,15)16)8(20-10)11(18)19/h2-4H,1H3,(H,18,19). The molecule has 0 amide bonds. The Morgan fingerprint density at radius 2 is 1.95 bits per heavy atom. The van der Waals surface area contributed by atoms with Crippen molar-refractivity contribution in [2.75, 3.05) is 0 Å². The van der Waals surface area contributed by atoms with Gasteiger partial charge in [-0.3, -0.25) is 0 Å². The molecule has 1 aromatic heterocycles. The molecule has 0 aliphatic rings. The number of thiazole rings is 1. The summed E-state index contributed by atoms with van der Waals surface area (Å²) in [6, 6.07) is 3.66. The normalized spacial score (nSPS) is 11.7. The second-order valence-electron chi connectivity index (χ2n) is 4.02. The monoisotopic (exact) mass is 305 g/mol. The molecule has 0 aliphatic carbocycles. The molecule has 20 heavy (non-hydrogen) atoms. The van der Waals surface area contributed by atoms with Crippen molar-refractivity contribution in [2.24, 2.45) is 0 Å². The first-order chi connectivity index (χ1) is 9.18. The van der Waals surface area contributed by atoms with Crippen molar-refractivity contribution in [3.8, 4) is 10.6 Å². The highest BCUT2D eigenvalue weighted by Crippen LogP contribution is 2.37. The highest BCUT2D eigenvalue weighted by atomic mass is 32.1. The first kappa shape index (κ1) is 14.4. The highest BCUT2D eigenvalue weighted by molar-refractivity contribution is 7.17. The van der Waals surface area contributed by atoms with E-state index in [1.807, 2.05) is 0 Å². The minimum Gasteiger partial charge on any atom is -0.477 e. The van der Waals surface area contributed by atoms with Crippen LogP contribution in [0.4, 0.5) is 17.6 Å². The summed E-state index contributed by atoms with van der Waals surface area (Å²) in [6.45, 7) is 1.57. The third-order valence-electron chi connectivity index (χ3n) is 2.38. The lowest BCUT2D eigenvalue weighted by Gasteiger charge is -2.02. The average molecular weight is 305 g/mol. The summed E-state index contributed by atoms with van der Waals surface area (Å²) in [5.74, 6) is -2.34.